The largest absolute Gasteiger partial charge is 0.497 e. The lowest BCUT2D eigenvalue weighted by atomic mass is 9.94. The van der Waals surface area contributed by atoms with Gasteiger partial charge in [0.05, 0.1) is 18.6 Å². The molecule has 0 radical (unpaired) electrons. The van der Waals surface area contributed by atoms with Gasteiger partial charge < -0.3 is 14.2 Å². The van der Waals surface area contributed by atoms with E-state index in [1.165, 1.54) is 0 Å². The second-order valence-electron chi connectivity index (χ2n) is 6.18. The third kappa shape index (κ3) is 5.09. The maximum atomic E-state index is 12.1. The molecule has 0 aliphatic rings. The van der Waals surface area contributed by atoms with Gasteiger partial charge >= 0.3 is 11.9 Å². The molecule has 0 saturated carbocycles. The summed E-state index contributed by atoms with van der Waals surface area (Å²) in [6, 6.07) is 13.1. The van der Waals surface area contributed by atoms with E-state index in [2.05, 4.69) is 0 Å². The van der Waals surface area contributed by atoms with Crippen molar-refractivity contribution in [2.45, 2.75) is 27.2 Å². The van der Waals surface area contributed by atoms with Crippen molar-refractivity contribution in [1.29, 1.82) is 0 Å². The molecule has 2 unspecified atom stereocenters. The van der Waals surface area contributed by atoms with Crippen LogP contribution in [0.25, 0.3) is 0 Å². The number of methoxy groups -OCH3 is 1. The average Bonchev–Trinajstić information content (AvgIpc) is 2.68. The summed E-state index contributed by atoms with van der Waals surface area (Å²) in [5.41, 5.74) is 0.420. The Kier molecular flexibility index (Phi) is 6.78. The van der Waals surface area contributed by atoms with E-state index in [1.807, 2.05) is 20.8 Å². The van der Waals surface area contributed by atoms with Crippen molar-refractivity contribution in [3.63, 3.8) is 0 Å². The second-order valence-corrected chi connectivity index (χ2v) is 6.18. The number of rotatable bonds is 7. The lowest BCUT2D eigenvalue weighted by molar-refractivity contribution is -0.140. The number of hydrogen-bond donors (Lipinski definition) is 0. The highest BCUT2D eigenvalue weighted by Crippen LogP contribution is 2.22. The molecule has 0 aliphatic heterocycles. The van der Waals surface area contributed by atoms with Crippen LogP contribution in [0.5, 0.6) is 17.2 Å². The molecule has 0 aliphatic carbocycles. The van der Waals surface area contributed by atoms with Crippen LogP contribution in [-0.2, 0) is 4.79 Å². The number of benzene rings is 2. The average molecular weight is 356 g/mol. The Labute approximate surface area is 153 Å². The highest BCUT2D eigenvalue weighted by molar-refractivity contribution is 5.91. The van der Waals surface area contributed by atoms with Gasteiger partial charge in [0, 0.05) is 0 Å². The molecule has 2 aromatic rings. The van der Waals surface area contributed by atoms with E-state index in [-0.39, 0.29) is 17.8 Å². The molecule has 0 aromatic heterocycles. The van der Waals surface area contributed by atoms with Crippen LogP contribution in [0.2, 0.25) is 0 Å². The zero-order valence-corrected chi connectivity index (χ0v) is 15.5. The first-order chi connectivity index (χ1) is 12.4. The van der Waals surface area contributed by atoms with E-state index in [0.717, 1.165) is 6.42 Å². The second kappa shape index (κ2) is 9.04. The van der Waals surface area contributed by atoms with Gasteiger partial charge in [-0.3, -0.25) is 4.79 Å². The summed E-state index contributed by atoms with van der Waals surface area (Å²) >= 11 is 0. The molecule has 2 atom stereocenters. The molecule has 0 spiro atoms. The number of esters is 2. The fourth-order valence-electron chi connectivity index (χ4n) is 2.26. The fourth-order valence-corrected chi connectivity index (χ4v) is 2.26. The van der Waals surface area contributed by atoms with Crippen molar-refractivity contribution in [2.75, 3.05) is 7.11 Å². The minimum absolute atomic E-state index is 0.174. The van der Waals surface area contributed by atoms with Gasteiger partial charge in [0.1, 0.15) is 17.2 Å². The fraction of sp³-hybridized carbons (Fsp3) is 0.333. The number of ether oxygens (including phenoxy) is 3. The lowest BCUT2D eigenvalue weighted by Gasteiger charge is -2.16. The number of hydrogen-bond acceptors (Lipinski definition) is 5. The van der Waals surface area contributed by atoms with Gasteiger partial charge in [-0.05, 0) is 54.4 Å². The Morgan fingerprint density at radius 3 is 1.85 bits per heavy atom. The molecule has 0 N–H and O–H groups in total. The normalized spacial score (nSPS) is 12.8. The van der Waals surface area contributed by atoms with E-state index in [9.17, 15) is 9.59 Å². The smallest absolute Gasteiger partial charge is 0.343 e. The number of carbonyl (C=O) groups is 2. The van der Waals surface area contributed by atoms with Gasteiger partial charge in [-0.15, -0.1) is 0 Å². The zero-order valence-electron chi connectivity index (χ0n) is 15.5. The van der Waals surface area contributed by atoms with Crippen molar-refractivity contribution in [1.82, 2.24) is 0 Å². The first kappa shape index (κ1) is 19.5. The van der Waals surface area contributed by atoms with Crippen LogP contribution < -0.4 is 14.2 Å². The third-order valence-corrected chi connectivity index (χ3v) is 4.45. The Morgan fingerprint density at radius 2 is 1.35 bits per heavy atom. The molecule has 0 bridgehead atoms. The molecule has 0 fully saturated rings. The van der Waals surface area contributed by atoms with Crippen LogP contribution in [-0.4, -0.2) is 19.0 Å². The van der Waals surface area contributed by atoms with E-state index >= 15 is 0 Å². The summed E-state index contributed by atoms with van der Waals surface area (Å²) in [5.74, 6) is 0.819. The van der Waals surface area contributed by atoms with Crippen LogP contribution in [0.15, 0.2) is 48.5 Å². The maximum absolute atomic E-state index is 12.1. The molecule has 2 aromatic carbocycles. The van der Waals surface area contributed by atoms with Crippen LogP contribution in [0.4, 0.5) is 0 Å². The van der Waals surface area contributed by atoms with Gasteiger partial charge in [0.2, 0.25) is 0 Å². The maximum Gasteiger partial charge on any atom is 0.343 e. The monoisotopic (exact) mass is 356 g/mol. The number of carbonyl (C=O) groups excluding carboxylic acids is 2. The summed E-state index contributed by atoms with van der Waals surface area (Å²) in [5, 5.41) is 0. The molecule has 0 heterocycles. The summed E-state index contributed by atoms with van der Waals surface area (Å²) in [6.45, 7) is 5.93. The van der Waals surface area contributed by atoms with E-state index < -0.39 is 5.97 Å². The summed E-state index contributed by atoms with van der Waals surface area (Å²) in [6.07, 6.45) is 0.913. The summed E-state index contributed by atoms with van der Waals surface area (Å²) in [7, 11) is 1.56. The molecular weight excluding hydrogens is 332 g/mol. The van der Waals surface area contributed by atoms with Gasteiger partial charge in [-0.2, -0.15) is 0 Å². The highest BCUT2D eigenvalue weighted by atomic mass is 16.5. The van der Waals surface area contributed by atoms with Gasteiger partial charge in [-0.25, -0.2) is 4.79 Å². The topological polar surface area (TPSA) is 61.8 Å². The Bertz CT molecular complexity index is 734. The van der Waals surface area contributed by atoms with Gasteiger partial charge in [0.25, 0.3) is 0 Å². The molecule has 5 nitrogen and oxygen atoms in total. The van der Waals surface area contributed by atoms with Gasteiger partial charge in [-0.1, -0.05) is 27.2 Å². The van der Waals surface area contributed by atoms with Crippen LogP contribution in [0.3, 0.4) is 0 Å². The molecule has 5 heteroatoms. The van der Waals surface area contributed by atoms with E-state index in [4.69, 9.17) is 14.2 Å². The van der Waals surface area contributed by atoms with Crippen LogP contribution in [0.1, 0.15) is 37.6 Å². The SMILES string of the molecule is CCC(C)C(C)C(=O)Oc1ccc(OC(=O)c2ccc(OC)cc2)cc1. The summed E-state index contributed by atoms with van der Waals surface area (Å²) < 4.78 is 15.7. The lowest BCUT2D eigenvalue weighted by Crippen LogP contribution is -2.23. The molecule has 0 amide bonds. The van der Waals surface area contributed by atoms with Gasteiger partial charge in [0.15, 0.2) is 0 Å². The minimum Gasteiger partial charge on any atom is -0.497 e. The Hall–Kier alpha value is -2.82. The first-order valence-electron chi connectivity index (χ1n) is 8.62. The third-order valence-electron chi connectivity index (χ3n) is 4.45. The van der Waals surface area contributed by atoms with E-state index in [0.29, 0.717) is 22.8 Å². The first-order valence-corrected chi connectivity index (χ1v) is 8.62. The molecule has 0 saturated heterocycles. The van der Waals surface area contributed by atoms with Crippen molar-refractivity contribution in [2.24, 2.45) is 11.8 Å². The minimum atomic E-state index is -0.470. The van der Waals surface area contributed by atoms with Crippen molar-refractivity contribution in [3.05, 3.63) is 54.1 Å². The quantitative estimate of drug-likeness (QED) is 0.540. The van der Waals surface area contributed by atoms with E-state index in [1.54, 1.807) is 55.6 Å². The Balaban J connectivity index is 1.96. The highest BCUT2D eigenvalue weighted by Gasteiger charge is 2.21. The molecule has 26 heavy (non-hydrogen) atoms. The predicted molar refractivity (Wildman–Crippen MR) is 98.6 cm³/mol. The molecule has 138 valence electrons. The summed E-state index contributed by atoms with van der Waals surface area (Å²) in [4.78, 5) is 24.2. The molecule has 2 rings (SSSR count). The molecular formula is C21H24O5. The van der Waals surface area contributed by atoms with Crippen molar-refractivity contribution in [3.8, 4) is 17.2 Å². The standard InChI is InChI=1S/C21H24O5/c1-5-14(2)15(3)20(22)25-18-10-12-19(13-11-18)26-21(23)16-6-8-17(24-4)9-7-16/h6-15H,5H2,1-4H3. The predicted octanol–water partition coefficient (Wildman–Crippen LogP) is 4.50. The Morgan fingerprint density at radius 1 is 0.846 bits per heavy atom. The van der Waals surface area contributed by atoms with Crippen LogP contribution >= 0.6 is 0 Å². The zero-order chi connectivity index (χ0) is 19.1. The van der Waals surface area contributed by atoms with Crippen LogP contribution in [0, 0.1) is 11.8 Å². The van der Waals surface area contributed by atoms with Crippen molar-refractivity contribution < 1.29 is 23.8 Å². The van der Waals surface area contributed by atoms with Crippen molar-refractivity contribution >= 4 is 11.9 Å².